The zero-order valence-electron chi connectivity index (χ0n) is 12.6. The normalized spacial score (nSPS) is 10.3. The van der Waals surface area contributed by atoms with Gasteiger partial charge in [0.1, 0.15) is 10.8 Å². The van der Waals surface area contributed by atoms with Gasteiger partial charge in [0, 0.05) is 11.9 Å². The summed E-state index contributed by atoms with van der Waals surface area (Å²) in [6.45, 7) is 1.86. The second kappa shape index (κ2) is 6.50. The molecular weight excluding hydrogens is 310 g/mol. The minimum atomic E-state index is 0.472. The van der Waals surface area contributed by atoms with Gasteiger partial charge in [-0.3, -0.25) is 0 Å². The molecule has 114 valence electrons. The molecule has 7 heteroatoms. The van der Waals surface area contributed by atoms with Crippen LogP contribution in [0.2, 0.25) is 0 Å². The Kier molecular flexibility index (Phi) is 4.26. The topological polar surface area (TPSA) is 87.6 Å². The van der Waals surface area contributed by atoms with E-state index in [4.69, 9.17) is 9.78 Å². The molecule has 0 saturated heterocycles. The summed E-state index contributed by atoms with van der Waals surface area (Å²) in [5.74, 6) is 1.19. The van der Waals surface area contributed by atoms with Crippen molar-refractivity contribution < 1.29 is 4.52 Å². The lowest BCUT2D eigenvalue weighted by Gasteiger charge is -2.06. The van der Waals surface area contributed by atoms with Crippen molar-refractivity contribution in [3.63, 3.8) is 0 Å². The van der Waals surface area contributed by atoms with E-state index < -0.39 is 0 Å². The third-order valence-corrected chi connectivity index (χ3v) is 3.87. The number of thioether (sulfide) groups is 1. The minimum Gasteiger partial charge on any atom is -0.360 e. The monoisotopic (exact) mass is 323 g/mol. The van der Waals surface area contributed by atoms with Crippen LogP contribution in [0.25, 0.3) is 11.3 Å². The van der Waals surface area contributed by atoms with Crippen LogP contribution in [0.4, 0.5) is 11.6 Å². The third-order valence-electron chi connectivity index (χ3n) is 3.21. The van der Waals surface area contributed by atoms with Gasteiger partial charge in [0.2, 0.25) is 5.95 Å². The zero-order valence-corrected chi connectivity index (χ0v) is 13.4. The van der Waals surface area contributed by atoms with E-state index in [9.17, 15) is 0 Å². The van der Waals surface area contributed by atoms with Crippen molar-refractivity contribution in [3.8, 4) is 17.3 Å². The summed E-state index contributed by atoms with van der Waals surface area (Å²) in [7, 11) is 0. The van der Waals surface area contributed by atoms with Gasteiger partial charge in [-0.25, -0.2) is 9.97 Å². The van der Waals surface area contributed by atoms with Crippen LogP contribution in [0.15, 0.2) is 46.1 Å². The number of nitrogens with zero attached hydrogens (tertiary/aromatic N) is 4. The number of aromatic nitrogens is 3. The first-order valence-corrected chi connectivity index (χ1v) is 8.04. The quantitative estimate of drug-likeness (QED) is 0.731. The Morgan fingerprint density at radius 2 is 2.00 bits per heavy atom. The molecule has 6 nitrogen and oxygen atoms in total. The van der Waals surface area contributed by atoms with Crippen molar-refractivity contribution in [2.45, 2.75) is 11.9 Å². The fourth-order valence-corrected chi connectivity index (χ4v) is 2.66. The first kappa shape index (κ1) is 15.1. The Morgan fingerprint density at radius 3 is 2.70 bits per heavy atom. The molecule has 1 aromatic carbocycles. The van der Waals surface area contributed by atoms with Crippen LogP contribution >= 0.6 is 11.8 Å². The van der Waals surface area contributed by atoms with Crippen molar-refractivity contribution in [2.24, 2.45) is 0 Å². The maximum atomic E-state index is 8.82. The number of hydrogen-bond donors (Lipinski definition) is 1. The summed E-state index contributed by atoms with van der Waals surface area (Å²) in [5.41, 5.74) is 3.05. The zero-order chi connectivity index (χ0) is 16.2. The van der Waals surface area contributed by atoms with E-state index >= 15 is 0 Å². The van der Waals surface area contributed by atoms with Crippen molar-refractivity contribution in [2.75, 3.05) is 11.6 Å². The second-order valence-electron chi connectivity index (χ2n) is 4.70. The molecule has 0 fully saturated rings. The first-order valence-electron chi connectivity index (χ1n) is 6.82. The van der Waals surface area contributed by atoms with E-state index in [2.05, 4.69) is 26.5 Å². The number of aryl methyl sites for hydroxylation is 1. The summed E-state index contributed by atoms with van der Waals surface area (Å²) >= 11 is 1.51. The first-order chi connectivity index (χ1) is 11.2. The highest BCUT2D eigenvalue weighted by molar-refractivity contribution is 7.98. The van der Waals surface area contributed by atoms with Crippen LogP contribution in [0, 0.1) is 18.3 Å². The fourth-order valence-electron chi connectivity index (χ4n) is 2.10. The van der Waals surface area contributed by atoms with Gasteiger partial charge < -0.3 is 9.84 Å². The summed E-state index contributed by atoms with van der Waals surface area (Å²) in [6.07, 6.45) is 3.63. The van der Waals surface area contributed by atoms with E-state index in [-0.39, 0.29) is 0 Å². The van der Waals surface area contributed by atoms with Crippen molar-refractivity contribution >= 4 is 23.4 Å². The highest BCUT2D eigenvalue weighted by atomic mass is 32.2. The molecular formula is C16H13N5OS. The van der Waals surface area contributed by atoms with Crippen LogP contribution < -0.4 is 5.32 Å². The molecule has 2 aromatic heterocycles. The lowest BCUT2D eigenvalue weighted by Crippen LogP contribution is -1.98. The van der Waals surface area contributed by atoms with Gasteiger partial charge in [0.15, 0.2) is 0 Å². The van der Waals surface area contributed by atoms with Gasteiger partial charge in [-0.2, -0.15) is 5.26 Å². The predicted octanol–water partition coefficient (Wildman–Crippen LogP) is 3.78. The minimum absolute atomic E-state index is 0.472. The smallest absolute Gasteiger partial charge is 0.227 e. The van der Waals surface area contributed by atoms with E-state index in [0.29, 0.717) is 11.5 Å². The van der Waals surface area contributed by atoms with Gasteiger partial charge in [-0.15, -0.1) is 11.8 Å². The average molecular weight is 323 g/mol. The van der Waals surface area contributed by atoms with Gasteiger partial charge in [-0.05, 0) is 43.5 Å². The van der Waals surface area contributed by atoms with Crippen molar-refractivity contribution in [1.82, 2.24) is 15.1 Å². The molecule has 0 bridgehead atoms. The molecule has 3 rings (SSSR count). The Morgan fingerprint density at radius 1 is 1.22 bits per heavy atom. The molecule has 0 aliphatic heterocycles. The third kappa shape index (κ3) is 3.17. The Balaban J connectivity index is 1.90. The van der Waals surface area contributed by atoms with Gasteiger partial charge in [-0.1, -0.05) is 5.16 Å². The molecule has 3 aromatic rings. The summed E-state index contributed by atoms with van der Waals surface area (Å²) in [6, 6.07) is 11.0. The molecule has 0 aliphatic rings. The van der Waals surface area contributed by atoms with E-state index in [1.807, 2.05) is 31.4 Å². The molecule has 1 N–H and O–H groups in total. The fraction of sp³-hybridized carbons (Fsp3) is 0.125. The maximum Gasteiger partial charge on any atom is 0.227 e. The Labute approximate surface area is 137 Å². The van der Waals surface area contributed by atoms with Crippen molar-refractivity contribution in [3.05, 3.63) is 47.9 Å². The van der Waals surface area contributed by atoms with Crippen LogP contribution in [-0.4, -0.2) is 21.4 Å². The summed E-state index contributed by atoms with van der Waals surface area (Å²) in [5, 5.41) is 16.8. The molecule has 2 heterocycles. The number of hydrogen-bond acceptors (Lipinski definition) is 7. The Bertz CT molecular complexity index is 867. The highest BCUT2D eigenvalue weighted by Gasteiger charge is 2.16. The molecule has 0 amide bonds. The van der Waals surface area contributed by atoms with Crippen LogP contribution in [-0.2, 0) is 0 Å². The molecule has 0 radical (unpaired) electrons. The molecule has 0 unspecified atom stereocenters. The second-order valence-corrected chi connectivity index (χ2v) is 5.50. The summed E-state index contributed by atoms with van der Waals surface area (Å²) in [4.78, 5) is 8.75. The number of nitrogens with one attached hydrogen (secondary N) is 1. The van der Waals surface area contributed by atoms with Crippen LogP contribution in [0.3, 0.4) is 0 Å². The molecule has 0 saturated carbocycles. The number of anilines is 2. The Hall–Kier alpha value is -2.85. The van der Waals surface area contributed by atoms with E-state index in [1.165, 1.54) is 11.8 Å². The van der Waals surface area contributed by atoms with Crippen LogP contribution in [0.5, 0.6) is 0 Å². The number of rotatable bonds is 4. The lowest BCUT2D eigenvalue weighted by atomic mass is 10.2. The summed E-state index contributed by atoms with van der Waals surface area (Å²) < 4.78 is 5.24. The molecule has 23 heavy (non-hydrogen) atoms. The molecule has 0 aliphatic carbocycles. The maximum absolute atomic E-state index is 8.82. The van der Waals surface area contributed by atoms with Crippen molar-refractivity contribution in [1.29, 1.82) is 5.26 Å². The molecule has 0 atom stereocenters. The largest absolute Gasteiger partial charge is 0.360 e. The number of benzene rings is 1. The standard InChI is InChI=1S/C16H13N5OS/c1-10-14(15(23-2)21-22-10)13-7-8-18-16(20-13)19-12-5-3-11(9-17)4-6-12/h3-8H,1-2H3,(H,18,19,20). The average Bonchev–Trinajstić information content (AvgIpc) is 2.96. The number of nitriles is 1. The SMILES string of the molecule is CSc1noc(C)c1-c1ccnc(Nc2ccc(C#N)cc2)n1. The van der Waals surface area contributed by atoms with Crippen LogP contribution in [0.1, 0.15) is 11.3 Å². The van der Waals surface area contributed by atoms with E-state index in [1.54, 1.807) is 18.3 Å². The highest BCUT2D eigenvalue weighted by Crippen LogP contribution is 2.31. The lowest BCUT2D eigenvalue weighted by molar-refractivity contribution is 0.384. The van der Waals surface area contributed by atoms with Gasteiger partial charge >= 0.3 is 0 Å². The van der Waals surface area contributed by atoms with E-state index in [0.717, 1.165) is 27.7 Å². The molecule has 0 spiro atoms. The van der Waals surface area contributed by atoms with Gasteiger partial charge in [0.25, 0.3) is 0 Å². The predicted molar refractivity (Wildman–Crippen MR) is 88.5 cm³/mol. The van der Waals surface area contributed by atoms with Gasteiger partial charge in [0.05, 0.1) is 22.9 Å².